The van der Waals surface area contributed by atoms with Gasteiger partial charge in [0, 0.05) is 18.1 Å². The van der Waals surface area contributed by atoms with Crippen LogP contribution in [0.1, 0.15) is 36.7 Å². The zero-order chi connectivity index (χ0) is 22.1. The van der Waals surface area contributed by atoms with Crippen molar-refractivity contribution in [1.82, 2.24) is 0 Å². The minimum Gasteiger partial charge on any atom is -0.493 e. The lowest BCUT2D eigenvalue weighted by atomic mass is 10.1. The molecule has 0 bridgehead atoms. The van der Waals surface area contributed by atoms with Crippen LogP contribution < -0.4 is 19.5 Å². The van der Waals surface area contributed by atoms with Crippen LogP contribution in [0.4, 0.5) is 5.69 Å². The minimum atomic E-state index is -0.596. The van der Waals surface area contributed by atoms with Crippen LogP contribution >= 0.6 is 0 Å². The Morgan fingerprint density at radius 2 is 1.70 bits per heavy atom. The molecule has 0 heterocycles. The van der Waals surface area contributed by atoms with Gasteiger partial charge >= 0.3 is 5.97 Å². The van der Waals surface area contributed by atoms with Gasteiger partial charge in [0.1, 0.15) is 19.0 Å². The standard InChI is InChI=1S/C23H29NO6/c1-6-16-8-7-9-17(12-16)29-10-11-30-23(26)18-13-20(27-4)21(28-5)14-19(18)24-22(25)15(2)3/h7-9,12-15H,6,10-11H2,1-5H3,(H,24,25). The lowest BCUT2D eigenvalue weighted by molar-refractivity contribution is -0.118. The number of esters is 1. The number of ether oxygens (including phenoxy) is 4. The van der Waals surface area contributed by atoms with E-state index in [2.05, 4.69) is 12.2 Å². The van der Waals surface area contributed by atoms with E-state index in [9.17, 15) is 9.59 Å². The van der Waals surface area contributed by atoms with Gasteiger partial charge < -0.3 is 24.3 Å². The molecular weight excluding hydrogens is 386 g/mol. The van der Waals surface area contributed by atoms with Crippen molar-refractivity contribution in [1.29, 1.82) is 0 Å². The highest BCUT2D eigenvalue weighted by Gasteiger charge is 2.20. The molecule has 0 saturated carbocycles. The van der Waals surface area contributed by atoms with Gasteiger partial charge in [-0.3, -0.25) is 4.79 Å². The number of carbonyl (C=O) groups is 2. The van der Waals surface area contributed by atoms with Gasteiger partial charge in [0.2, 0.25) is 5.91 Å². The summed E-state index contributed by atoms with van der Waals surface area (Å²) in [6, 6.07) is 10.8. The van der Waals surface area contributed by atoms with Crippen molar-refractivity contribution in [2.24, 2.45) is 5.92 Å². The molecule has 0 aliphatic carbocycles. The van der Waals surface area contributed by atoms with E-state index in [0.29, 0.717) is 17.2 Å². The van der Waals surface area contributed by atoms with Gasteiger partial charge in [-0.2, -0.15) is 0 Å². The topological polar surface area (TPSA) is 83.1 Å². The molecule has 0 unspecified atom stereocenters. The molecule has 162 valence electrons. The fourth-order valence-corrected chi connectivity index (χ4v) is 2.66. The minimum absolute atomic E-state index is 0.0566. The summed E-state index contributed by atoms with van der Waals surface area (Å²) in [6.45, 7) is 5.86. The first kappa shape index (κ1) is 23.1. The summed E-state index contributed by atoms with van der Waals surface area (Å²) in [5.74, 6) is 0.402. The molecule has 7 heteroatoms. The maximum Gasteiger partial charge on any atom is 0.340 e. The van der Waals surface area contributed by atoms with Crippen LogP contribution in [0.3, 0.4) is 0 Å². The second kappa shape index (κ2) is 11.1. The van der Waals surface area contributed by atoms with Gasteiger partial charge in [-0.05, 0) is 24.1 Å². The van der Waals surface area contributed by atoms with Crippen molar-refractivity contribution in [3.8, 4) is 17.2 Å². The van der Waals surface area contributed by atoms with Crippen LogP contribution in [-0.2, 0) is 16.0 Å². The largest absolute Gasteiger partial charge is 0.493 e. The summed E-state index contributed by atoms with van der Waals surface area (Å²) < 4.78 is 21.5. The number of carbonyl (C=O) groups excluding carboxylic acids is 2. The van der Waals surface area contributed by atoms with Gasteiger partial charge in [0.05, 0.1) is 25.5 Å². The summed E-state index contributed by atoms with van der Waals surface area (Å²) >= 11 is 0. The molecule has 2 aromatic rings. The first-order valence-electron chi connectivity index (χ1n) is 9.85. The molecule has 0 saturated heterocycles. The van der Waals surface area contributed by atoms with E-state index < -0.39 is 5.97 Å². The molecular formula is C23H29NO6. The van der Waals surface area contributed by atoms with E-state index in [-0.39, 0.29) is 30.6 Å². The summed E-state index contributed by atoms with van der Waals surface area (Å²) in [6.07, 6.45) is 0.913. The van der Waals surface area contributed by atoms with Crippen molar-refractivity contribution in [2.75, 3.05) is 32.8 Å². The molecule has 0 radical (unpaired) electrons. The molecule has 30 heavy (non-hydrogen) atoms. The van der Waals surface area contributed by atoms with Crippen LogP contribution in [0.15, 0.2) is 36.4 Å². The number of hydrogen-bond acceptors (Lipinski definition) is 6. The van der Waals surface area contributed by atoms with Crippen molar-refractivity contribution < 1.29 is 28.5 Å². The van der Waals surface area contributed by atoms with Crippen molar-refractivity contribution in [3.05, 3.63) is 47.5 Å². The molecule has 7 nitrogen and oxygen atoms in total. The van der Waals surface area contributed by atoms with Gasteiger partial charge in [-0.1, -0.05) is 32.9 Å². The summed E-state index contributed by atoms with van der Waals surface area (Å²) in [5, 5.41) is 2.74. The van der Waals surface area contributed by atoms with Gasteiger partial charge in [-0.25, -0.2) is 4.79 Å². The SMILES string of the molecule is CCc1cccc(OCCOC(=O)c2cc(OC)c(OC)cc2NC(=O)C(C)C)c1. The average Bonchev–Trinajstić information content (AvgIpc) is 2.76. The number of methoxy groups -OCH3 is 2. The van der Waals surface area contributed by atoms with Crippen LogP contribution in [0, 0.1) is 5.92 Å². The maximum atomic E-state index is 12.7. The lowest BCUT2D eigenvalue weighted by Crippen LogP contribution is -2.21. The predicted molar refractivity (Wildman–Crippen MR) is 115 cm³/mol. The number of aryl methyl sites for hydroxylation is 1. The number of amides is 1. The second-order valence-electron chi connectivity index (χ2n) is 6.88. The zero-order valence-electron chi connectivity index (χ0n) is 18.1. The van der Waals surface area contributed by atoms with Gasteiger partial charge in [0.25, 0.3) is 0 Å². The van der Waals surface area contributed by atoms with E-state index in [1.54, 1.807) is 19.9 Å². The Balaban J connectivity index is 2.09. The lowest BCUT2D eigenvalue weighted by Gasteiger charge is -2.16. The average molecular weight is 415 g/mol. The third-order valence-corrected chi connectivity index (χ3v) is 4.42. The van der Waals surface area contributed by atoms with E-state index in [1.165, 1.54) is 25.8 Å². The Morgan fingerprint density at radius 3 is 2.33 bits per heavy atom. The van der Waals surface area contributed by atoms with Crippen LogP contribution in [0.2, 0.25) is 0 Å². The highest BCUT2D eigenvalue weighted by atomic mass is 16.6. The fraction of sp³-hybridized carbons (Fsp3) is 0.391. The van der Waals surface area contributed by atoms with E-state index >= 15 is 0 Å². The summed E-state index contributed by atoms with van der Waals surface area (Å²) in [7, 11) is 2.95. The highest BCUT2D eigenvalue weighted by Crippen LogP contribution is 2.34. The van der Waals surface area contributed by atoms with Crippen molar-refractivity contribution in [2.45, 2.75) is 27.2 Å². The third-order valence-electron chi connectivity index (χ3n) is 4.42. The molecule has 2 aromatic carbocycles. The molecule has 0 aromatic heterocycles. The molecule has 0 spiro atoms. The molecule has 0 aliphatic rings. The number of rotatable bonds is 10. The normalized spacial score (nSPS) is 10.5. The van der Waals surface area contributed by atoms with E-state index in [1.807, 2.05) is 24.3 Å². The monoisotopic (exact) mass is 415 g/mol. The van der Waals surface area contributed by atoms with Crippen LogP contribution in [-0.4, -0.2) is 39.3 Å². The van der Waals surface area contributed by atoms with Crippen molar-refractivity contribution >= 4 is 17.6 Å². The fourth-order valence-electron chi connectivity index (χ4n) is 2.66. The highest BCUT2D eigenvalue weighted by molar-refractivity contribution is 6.02. The summed E-state index contributed by atoms with van der Waals surface area (Å²) in [4.78, 5) is 24.8. The smallest absolute Gasteiger partial charge is 0.340 e. The Kier molecular flexibility index (Phi) is 8.53. The molecule has 1 N–H and O–H groups in total. The van der Waals surface area contributed by atoms with E-state index in [0.717, 1.165) is 12.2 Å². The first-order valence-corrected chi connectivity index (χ1v) is 9.85. The molecule has 0 atom stereocenters. The van der Waals surface area contributed by atoms with Crippen LogP contribution in [0.5, 0.6) is 17.2 Å². The van der Waals surface area contributed by atoms with E-state index in [4.69, 9.17) is 18.9 Å². The maximum absolute atomic E-state index is 12.7. The molecule has 2 rings (SSSR count). The number of anilines is 1. The summed E-state index contributed by atoms with van der Waals surface area (Å²) in [5.41, 5.74) is 1.64. The zero-order valence-corrected chi connectivity index (χ0v) is 18.1. The van der Waals surface area contributed by atoms with Gasteiger partial charge in [-0.15, -0.1) is 0 Å². The Labute approximate surface area is 177 Å². The molecule has 1 amide bonds. The number of hydrogen-bond donors (Lipinski definition) is 1. The molecule has 0 aliphatic heterocycles. The number of benzene rings is 2. The molecule has 0 fully saturated rings. The quantitative estimate of drug-likeness (QED) is 0.465. The Bertz CT molecular complexity index is 878. The Hall–Kier alpha value is -3.22. The first-order chi connectivity index (χ1) is 14.4. The van der Waals surface area contributed by atoms with Crippen molar-refractivity contribution in [3.63, 3.8) is 0 Å². The van der Waals surface area contributed by atoms with Gasteiger partial charge in [0.15, 0.2) is 11.5 Å². The predicted octanol–water partition coefficient (Wildman–Crippen LogP) is 4.10. The second-order valence-corrected chi connectivity index (χ2v) is 6.88. The third kappa shape index (κ3) is 6.14. The number of nitrogens with one attached hydrogen (secondary N) is 1. The Morgan fingerprint density at radius 1 is 1.00 bits per heavy atom. The van der Waals surface area contributed by atoms with Crippen LogP contribution in [0.25, 0.3) is 0 Å².